The first-order valence-corrected chi connectivity index (χ1v) is 11.4. The summed E-state index contributed by atoms with van der Waals surface area (Å²) >= 11 is 0. The number of aromatic nitrogens is 1. The minimum Gasteiger partial charge on any atom is -0.492 e. The molecule has 2 aromatic carbocycles. The van der Waals surface area contributed by atoms with Gasteiger partial charge in [-0.1, -0.05) is 37.2 Å². The number of rotatable bonds is 12. The highest BCUT2D eigenvalue weighted by atomic mass is 16.5. The van der Waals surface area contributed by atoms with Crippen molar-refractivity contribution in [1.82, 2.24) is 15.4 Å². The molecule has 0 fully saturated rings. The van der Waals surface area contributed by atoms with E-state index >= 15 is 0 Å². The summed E-state index contributed by atoms with van der Waals surface area (Å²) in [5.41, 5.74) is 3.28. The monoisotopic (exact) mass is 451 g/mol. The molecule has 0 aliphatic heterocycles. The summed E-state index contributed by atoms with van der Waals surface area (Å²) in [7, 11) is 0. The Labute approximate surface area is 195 Å². The smallest absolute Gasteiger partial charge is 0.251 e. The highest BCUT2D eigenvalue weighted by molar-refractivity contribution is 5.94. The zero-order valence-electron chi connectivity index (χ0n) is 19.9. The number of carbonyl (C=O) groups excluding carboxylic acids is 1. The first kappa shape index (κ1) is 24.3. The molecule has 3 aromatic rings. The second-order valence-corrected chi connectivity index (χ2v) is 7.78. The van der Waals surface area contributed by atoms with Gasteiger partial charge in [0.15, 0.2) is 0 Å². The molecule has 0 saturated carbocycles. The summed E-state index contributed by atoms with van der Waals surface area (Å²) in [6.45, 7) is 12.3. The topological polar surface area (TPSA) is 76.8 Å². The molecule has 0 spiro atoms. The van der Waals surface area contributed by atoms with E-state index in [4.69, 9.17) is 14.0 Å². The number of hydrogen-bond acceptors (Lipinski definition) is 6. The fourth-order valence-corrected chi connectivity index (χ4v) is 3.46. The molecule has 7 heteroatoms. The van der Waals surface area contributed by atoms with Crippen LogP contribution in [-0.4, -0.2) is 42.2 Å². The molecule has 1 amide bonds. The molecule has 1 heterocycles. The lowest BCUT2D eigenvalue weighted by atomic mass is 10.1. The Balaban J connectivity index is 1.51. The Morgan fingerprint density at radius 2 is 1.76 bits per heavy atom. The summed E-state index contributed by atoms with van der Waals surface area (Å²) in [6.07, 6.45) is 0. The van der Waals surface area contributed by atoms with Crippen LogP contribution >= 0.6 is 0 Å². The van der Waals surface area contributed by atoms with Gasteiger partial charge < -0.3 is 24.2 Å². The van der Waals surface area contributed by atoms with Gasteiger partial charge in [0.1, 0.15) is 30.5 Å². The number of nitrogens with one attached hydrogen (secondary N) is 1. The van der Waals surface area contributed by atoms with Crippen molar-refractivity contribution in [3.8, 4) is 11.5 Å². The fraction of sp³-hybridized carbons (Fsp3) is 0.385. The number of nitrogens with zero attached hydrogens (tertiary/aromatic N) is 2. The fourth-order valence-electron chi connectivity index (χ4n) is 3.46. The van der Waals surface area contributed by atoms with Crippen molar-refractivity contribution >= 4 is 5.91 Å². The quantitative estimate of drug-likeness (QED) is 0.436. The normalized spacial score (nSPS) is 10.9. The van der Waals surface area contributed by atoms with E-state index in [-0.39, 0.29) is 5.91 Å². The zero-order valence-corrected chi connectivity index (χ0v) is 19.9. The lowest BCUT2D eigenvalue weighted by Crippen LogP contribution is -2.28. The first-order valence-electron chi connectivity index (χ1n) is 11.4. The lowest BCUT2D eigenvalue weighted by Gasteiger charge is -2.19. The summed E-state index contributed by atoms with van der Waals surface area (Å²) in [4.78, 5) is 14.9. The molecule has 176 valence electrons. The number of amides is 1. The largest absolute Gasteiger partial charge is 0.492 e. The van der Waals surface area contributed by atoms with Crippen molar-refractivity contribution in [3.63, 3.8) is 0 Å². The maximum atomic E-state index is 12.6. The molecule has 0 bridgehead atoms. The van der Waals surface area contributed by atoms with E-state index in [1.165, 1.54) is 0 Å². The van der Waals surface area contributed by atoms with Gasteiger partial charge in [-0.05, 0) is 57.3 Å². The summed E-state index contributed by atoms with van der Waals surface area (Å²) in [6, 6.07) is 14.9. The number of likely N-dealkylation sites (N-methyl/N-ethyl adjacent to an activating group) is 1. The van der Waals surface area contributed by atoms with Crippen molar-refractivity contribution in [2.24, 2.45) is 0 Å². The van der Waals surface area contributed by atoms with Gasteiger partial charge in [0.2, 0.25) is 0 Å². The SMILES string of the molecule is CCN(CC)CCOc1ccccc1CNC(=O)c1ccc(OCc2c(C)noc2C)cc1. The van der Waals surface area contributed by atoms with Gasteiger partial charge in [-0.3, -0.25) is 4.79 Å². The molecule has 33 heavy (non-hydrogen) atoms. The van der Waals surface area contributed by atoms with E-state index in [1.807, 2.05) is 38.1 Å². The van der Waals surface area contributed by atoms with Crippen LogP contribution in [0, 0.1) is 13.8 Å². The number of ether oxygens (including phenoxy) is 2. The van der Waals surface area contributed by atoms with Crippen LogP contribution in [0.25, 0.3) is 0 Å². The maximum absolute atomic E-state index is 12.6. The third-order valence-corrected chi connectivity index (χ3v) is 5.65. The molecule has 0 aliphatic rings. The number of benzene rings is 2. The highest BCUT2D eigenvalue weighted by Gasteiger charge is 2.11. The number of hydrogen-bond donors (Lipinski definition) is 1. The Kier molecular flexibility index (Phi) is 8.89. The molecule has 1 aromatic heterocycles. The molecule has 0 radical (unpaired) electrons. The standard InChI is InChI=1S/C26H33N3O4/c1-5-29(6-2)15-16-31-25-10-8-7-9-22(25)17-27-26(30)21-11-13-23(14-12-21)32-18-24-19(3)28-33-20(24)4/h7-14H,5-6,15-18H2,1-4H3,(H,27,30). The number of para-hydroxylation sites is 1. The van der Waals surface area contributed by atoms with Gasteiger partial charge in [-0.15, -0.1) is 0 Å². The predicted molar refractivity (Wildman–Crippen MR) is 128 cm³/mol. The molecule has 0 saturated heterocycles. The Bertz CT molecular complexity index is 1010. The van der Waals surface area contributed by atoms with Crippen molar-refractivity contribution in [2.45, 2.75) is 40.8 Å². The molecule has 1 N–H and O–H groups in total. The Morgan fingerprint density at radius 3 is 2.42 bits per heavy atom. The maximum Gasteiger partial charge on any atom is 0.251 e. The minimum atomic E-state index is -0.148. The average molecular weight is 452 g/mol. The van der Waals surface area contributed by atoms with Gasteiger partial charge in [0, 0.05) is 24.2 Å². The number of carbonyl (C=O) groups is 1. The zero-order chi connectivity index (χ0) is 23.6. The molecule has 3 rings (SSSR count). The van der Waals surface area contributed by atoms with Gasteiger partial charge in [0.05, 0.1) is 11.3 Å². The van der Waals surface area contributed by atoms with Crippen molar-refractivity contribution < 1.29 is 18.8 Å². The third kappa shape index (κ3) is 6.83. The number of aryl methyl sites for hydroxylation is 2. The highest BCUT2D eigenvalue weighted by Crippen LogP contribution is 2.20. The van der Waals surface area contributed by atoms with Crippen molar-refractivity contribution in [3.05, 3.63) is 76.7 Å². The lowest BCUT2D eigenvalue weighted by molar-refractivity contribution is 0.0950. The summed E-state index contributed by atoms with van der Waals surface area (Å²) in [5, 5.41) is 6.91. The van der Waals surface area contributed by atoms with Crippen LogP contribution in [0.5, 0.6) is 11.5 Å². The van der Waals surface area contributed by atoms with E-state index in [1.54, 1.807) is 24.3 Å². The molecule has 0 unspecified atom stereocenters. The Morgan fingerprint density at radius 1 is 1.03 bits per heavy atom. The van der Waals surface area contributed by atoms with Crippen LogP contribution in [0.15, 0.2) is 53.1 Å². The van der Waals surface area contributed by atoms with Crippen molar-refractivity contribution in [1.29, 1.82) is 0 Å². The van der Waals surface area contributed by atoms with Crippen LogP contribution in [-0.2, 0) is 13.2 Å². The minimum absolute atomic E-state index is 0.148. The van der Waals surface area contributed by atoms with Crippen LogP contribution in [0.4, 0.5) is 0 Å². The van der Waals surface area contributed by atoms with Crippen LogP contribution in [0.2, 0.25) is 0 Å². The van der Waals surface area contributed by atoms with E-state index in [0.29, 0.717) is 31.1 Å². The summed E-state index contributed by atoms with van der Waals surface area (Å²) < 4.78 is 16.9. The Hall–Kier alpha value is -3.32. The van der Waals surface area contributed by atoms with E-state index < -0.39 is 0 Å². The molecular formula is C26H33N3O4. The second kappa shape index (κ2) is 12.1. The van der Waals surface area contributed by atoms with Crippen LogP contribution in [0.3, 0.4) is 0 Å². The van der Waals surface area contributed by atoms with Crippen LogP contribution in [0.1, 0.15) is 46.8 Å². The second-order valence-electron chi connectivity index (χ2n) is 7.78. The summed E-state index contributed by atoms with van der Waals surface area (Å²) in [5.74, 6) is 2.08. The molecule has 0 atom stereocenters. The van der Waals surface area contributed by atoms with E-state index in [0.717, 1.165) is 48.0 Å². The molecule has 0 aliphatic carbocycles. The van der Waals surface area contributed by atoms with E-state index in [2.05, 4.69) is 29.2 Å². The predicted octanol–water partition coefficient (Wildman–Crippen LogP) is 4.52. The molecule has 7 nitrogen and oxygen atoms in total. The van der Waals surface area contributed by atoms with Gasteiger partial charge in [-0.2, -0.15) is 0 Å². The van der Waals surface area contributed by atoms with E-state index in [9.17, 15) is 4.79 Å². The first-order chi connectivity index (χ1) is 16.0. The average Bonchev–Trinajstić information content (AvgIpc) is 3.16. The molecular weight excluding hydrogens is 418 g/mol. The van der Waals surface area contributed by atoms with Crippen molar-refractivity contribution in [2.75, 3.05) is 26.2 Å². The van der Waals surface area contributed by atoms with Crippen LogP contribution < -0.4 is 14.8 Å². The van der Waals surface area contributed by atoms with Gasteiger partial charge in [0.25, 0.3) is 5.91 Å². The van der Waals surface area contributed by atoms with Gasteiger partial charge in [-0.25, -0.2) is 0 Å². The van der Waals surface area contributed by atoms with Gasteiger partial charge >= 0.3 is 0 Å². The third-order valence-electron chi connectivity index (χ3n) is 5.65.